The number of hydrogen-bond donors (Lipinski definition) is 0. The molecule has 314 valence electrons. The van der Waals surface area contributed by atoms with Crippen molar-refractivity contribution < 1.29 is 0 Å². The maximum absolute atomic E-state index is 2.48. The van der Waals surface area contributed by atoms with Crippen LogP contribution in [0.5, 0.6) is 0 Å². The van der Waals surface area contributed by atoms with Crippen LogP contribution in [-0.2, 0) is 5.41 Å². The fourth-order valence-electron chi connectivity index (χ4n) is 11.2. The van der Waals surface area contributed by atoms with Crippen molar-refractivity contribution in [3.8, 4) is 44.5 Å². The molecule has 0 unspecified atom stereocenters. The van der Waals surface area contributed by atoms with Crippen molar-refractivity contribution >= 4 is 44.9 Å². The SMILES string of the molecule is c1ccc(-c2ccc(N(c3cccc(N(c4ccccc4)c4ccc5ccccc5c4-c4ccccc4)c3)c3ccc4c(c3)C3(c5ccccc5-c5ccccc53)c3ccccc3-4)cc2)cc1. The number of rotatable bonds is 8. The van der Waals surface area contributed by atoms with Gasteiger partial charge in [0.25, 0.3) is 0 Å². The number of anilines is 6. The Hall–Kier alpha value is -8.72. The predicted molar refractivity (Wildman–Crippen MR) is 280 cm³/mol. The highest BCUT2D eigenvalue weighted by Crippen LogP contribution is 2.63. The van der Waals surface area contributed by atoms with Crippen LogP contribution in [0.3, 0.4) is 0 Å². The molecule has 0 atom stereocenters. The van der Waals surface area contributed by atoms with E-state index in [0.717, 1.165) is 34.1 Å². The summed E-state index contributed by atoms with van der Waals surface area (Å²) in [4.78, 5) is 4.87. The molecule has 2 aliphatic rings. The van der Waals surface area contributed by atoms with Gasteiger partial charge in [-0.3, -0.25) is 0 Å². The van der Waals surface area contributed by atoms with Crippen LogP contribution >= 0.6 is 0 Å². The van der Waals surface area contributed by atoms with Gasteiger partial charge in [0.2, 0.25) is 0 Å². The smallest absolute Gasteiger partial charge is 0.0726 e. The van der Waals surface area contributed by atoms with Crippen molar-refractivity contribution in [2.45, 2.75) is 5.41 Å². The fourth-order valence-corrected chi connectivity index (χ4v) is 11.2. The summed E-state index contributed by atoms with van der Waals surface area (Å²) >= 11 is 0. The van der Waals surface area contributed by atoms with Crippen molar-refractivity contribution in [1.82, 2.24) is 0 Å². The molecule has 1 spiro atoms. The molecule has 0 aliphatic heterocycles. The molecule has 2 heteroatoms. The summed E-state index contributed by atoms with van der Waals surface area (Å²) in [6, 6.07) is 98.0. The van der Waals surface area contributed by atoms with E-state index in [-0.39, 0.29) is 0 Å². The molecule has 0 saturated carbocycles. The van der Waals surface area contributed by atoms with Gasteiger partial charge in [0, 0.05) is 34.0 Å². The highest BCUT2D eigenvalue weighted by molar-refractivity contribution is 6.05. The topological polar surface area (TPSA) is 6.48 Å². The van der Waals surface area contributed by atoms with Gasteiger partial charge in [0.05, 0.1) is 11.1 Å². The second kappa shape index (κ2) is 15.8. The highest BCUT2D eigenvalue weighted by atomic mass is 15.2. The highest BCUT2D eigenvalue weighted by Gasteiger charge is 2.51. The number of nitrogens with zero attached hydrogens (tertiary/aromatic N) is 2. The Balaban J connectivity index is 1.04. The molecule has 0 saturated heterocycles. The lowest BCUT2D eigenvalue weighted by molar-refractivity contribution is 0.793. The third-order valence-electron chi connectivity index (χ3n) is 14.0. The molecule has 2 aliphatic carbocycles. The molecule has 13 rings (SSSR count). The molecule has 0 amide bonds. The zero-order valence-corrected chi connectivity index (χ0v) is 36.8. The van der Waals surface area contributed by atoms with Crippen LogP contribution in [0.4, 0.5) is 34.1 Å². The van der Waals surface area contributed by atoms with E-state index in [2.05, 4.69) is 277 Å². The van der Waals surface area contributed by atoms with Crippen LogP contribution < -0.4 is 9.80 Å². The van der Waals surface area contributed by atoms with E-state index in [1.807, 2.05) is 0 Å². The molecule has 0 aromatic heterocycles. The van der Waals surface area contributed by atoms with Crippen LogP contribution in [0.15, 0.2) is 267 Å². The second-order valence-electron chi connectivity index (χ2n) is 17.6. The first-order valence-electron chi connectivity index (χ1n) is 23.2. The minimum atomic E-state index is -0.464. The minimum absolute atomic E-state index is 0.464. The van der Waals surface area contributed by atoms with Crippen LogP contribution in [0, 0.1) is 0 Å². The quantitative estimate of drug-likeness (QED) is 0.150. The van der Waals surface area contributed by atoms with Crippen LogP contribution in [0.2, 0.25) is 0 Å². The second-order valence-corrected chi connectivity index (χ2v) is 17.6. The monoisotopic (exact) mass is 852 g/mol. The Morgan fingerprint density at radius 3 is 1.34 bits per heavy atom. The van der Waals surface area contributed by atoms with Crippen molar-refractivity contribution in [3.05, 3.63) is 289 Å². The van der Waals surface area contributed by atoms with E-state index in [9.17, 15) is 0 Å². The molecular formula is C65H44N2. The van der Waals surface area contributed by atoms with E-state index in [4.69, 9.17) is 0 Å². The first-order chi connectivity index (χ1) is 33.3. The lowest BCUT2D eigenvalue weighted by atomic mass is 9.70. The van der Waals surface area contributed by atoms with Crippen molar-refractivity contribution in [2.75, 3.05) is 9.80 Å². The molecule has 0 bridgehead atoms. The fraction of sp³-hybridized carbons (Fsp3) is 0.0154. The zero-order chi connectivity index (χ0) is 44.3. The lowest BCUT2D eigenvalue weighted by Crippen LogP contribution is -2.26. The lowest BCUT2D eigenvalue weighted by Gasteiger charge is -2.33. The predicted octanol–water partition coefficient (Wildman–Crippen LogP) is 17.5. The van der Waals surface area contributed by atoms with Crippen LogP contribution in [-0.4, -0.2) is 0 Å². The molecule has 2 nitrogen and oxygen atoms in total. The van der Waals surface area contributed by atoms with E-state index >= 15 is 0 Å². The summed E-state index contributed by atoms with van der Waals surface area (Å²) in [5.74, 6) is 0. The standard InChI is InChI=1S/C65H44N2/c1-4-19-45(20-5-1)46-35-38-50(39-36-46)66(53-40-41-58-57-31-14-17-34-61(57)65(62(58)44-53)59-32-15-12-29-55(59)56-30-13-16-33-60(56)65)51-26-18-27-52(43-51)67(49-24-8-3-9-25-49)63-42-37-47-21-10-11-28-54(47)64(63)48-22-6-2-7-23-48/h1-44H. The maximum atomic E-state index is 2.48. The number of fused-ring (bicyclic) bond motifs is 11. The Kier molecular flexibility index (Phi) is 9.11. The number of benzene rings is 11. The first kappa shape index (κ1) is 38.7. The minimum Gasteiger partial charge on any atom is -0.310 e. The van der Waals surface area contributed by atoms with E-state index < -0.39 is 5.41 Å². The molecule has 67 heavy (non-hydrogen) atoms. The third-order valence-corrected chi connectivity index (χ3v) is 14.0. The Morgan fingerprint density at radius 1 is 0.254 bits per heavy atom. The summed E-state index contributed by atoms with van der Waals surface area (Å²) in [7, 11) is 0. The van der Waals surface area contributed by atoms with Gasteiger partial charge < -0.3 is 9.80 Å². The molecule has 0 heterocycles. The Morgan fingerprint density at radius 2 is 0.701 bits per heavy atom. The zero-order valence-electron chi connectivity index (χ0n) is 36.8. The van der Waals surface area contributed by atoms with Gasteiger partial charge in [-0.25, -0.2) is 0 Å². The summed E-state index contributed by atoms with van der Waals surface area (Å²) in [5, 5.41) is 2.42. The molecule has 11 aromatic rings. The Bertz CT molecular complexity index is 3570. The van der Waals surface area contributed by atoms with Crippen molar-refractivity contribution in [2.24, 2.45) is 0 Å². The van der Waals surface area contributed by atoms with Gasteiger partial charge in [-0.2, -0.15) is 0 Å². The Labute approximate surface area is 391 Å². The van der Waals surface area contributed by atoms with E-state index in [0.29, 0.717) is 0 Å². The van der Waals surface area contributed by atoms with Gasteiger partial charge in [0.1, 0.15) is 0 Å². The maximum Gasteiger partial charge on any atom is 0.0726 e. The normalized spacial score (nSPS) is 12.6. The summed E-state index contributed by atoms with van der Waals surface area (Å²) in [5.41, 5.74) is 21.3. The molecular weight excluding hydrogens is 809 g/mol. The van der Waals surface area contributed by atoms with Crippen molar-refractivity contribution in [1.29, 1.82) is 0 Å². The van der Waals surface area contributed by atoms with E-state index in [1.54, 1.807) is 0 Å². The number of para-hydroxylation sites is 1. The molecule has 0 fully saturated rings. The first-order valence-corrected chi connectivity index (χ1v) is 23.2. The average Bonchev–Trinajstić information content (AvgIpc) is 3.87. The molecule has 0 N–H and O–H groups in total. The van der Waals surface area contributed by atoms with Gasteiger partial charge in [-0.05, 0) is 133 Å². The third kappa shape index (κ3) is 6.11. The van der Waals surface area contributed by atoms with E-state index in [1.165, 1.54) is 77.5 Å². The van der Waals surface area contributed by atoms with Gasteiger partial charge in [-0.15, -0.1) is 0 Å². The molecule has 11 aromatic carbocycles. The van der Waals surface area contributed by atoms with Gasteiger partial charge in [0.15, 0.2) is 0 Å². The summed E-state index contributed by atoms with van der Waals surface area (Å²) < 4.78 is 0. The number of hydrogen-bond acceptors (Lipinski definition) is 2. The summed E-state index contributed by atoms with van der Waals surface area (Å²) in [6.07, 6.45) is 0. The van der Waals surface area contributed by atoms with Crippen LogP contribution in [0.1, 0.15) is 22.3 Å². The summed E-state index contributed by atoms with van der Waals surface area (Å²) in [6.45, 7) is 0. The molecule has 0 radical (unpaired) electrons. The van der Waals surface area contributed by atoms with Gasteiger partial charge >= 0.3 is 0 Å². The average molecular weight is 853 g/mol. The van der Waals surface area contributed by atoms with Gasteiger partial charge in [-0.1, -0.05) is 206 Å². The van der Waals surface area contributed by atoms with Crippen molar-refractivity contribution in [3.63, 3.8) is 0 Å². The largest absolute Gasteiger partial charge is 0.310 e. The van der Waals surface area contributed by atoms with Crippen LogP contribution in [0.25, 0.3) is 55.3 Å².